The molecule has 1 aliphatic rings. The number of halogens is 2. The SMILES string of the molecule is CN(CCC(=O)Nc1ccc(CNC[C@@H](O)c2ccc(O)c3[nH]c(=O)ccc23)cc1F)C1CCC(OC(=O)C(O)(c2cccs2)c2cccs2)CC1.F. The summed E-state index contributed by atoms with van der Waals surface area (Å²) in [6.07, 6.45) is 1.70. The lowest BCUT2D eigenvalue weighted by molar-refractivity contribution is -0.169. The van der Waals surface area contributed by atoms with Gasteiger partial charge in [0.1, 0.15) is 17.7 Å². The molecule has 5 aromatic rings. The molecule has 0 bridgehead atoms. The van der Waals surface area contributed by atoms with E-state index in [4.69, 9.17) is 4.74 Å². The first-order valence-electron chi connectivity index (χ1n) is 17.1. The minimum Gasteiger partial charge on any atom is -0.506 e. The number of thiophene rings is 2. The first-order valence-corrected chi connectivity index (χ1v) is 18.8. The number of amides is 1. The molecule has 0 spiro atoms. The van der Waals surface area contributed by atoms with Crippen LogP contribution < -0.4 is 16.2 Å². The number of nitrogens with one attached hydrogen (secondary N) is 3. The first-order chi connectivity index (χ1) is 25.0. The normalized spacial score (nSPS) is 16.6. The summed E-state index contributed by atoms with van der Waals surface area (Å²) in [4.78, 5) is 43.5. The van der Waals surface area contributed by atoms with Gasteiger partial charge in [-0.15, -0.1) is 22.7 Å². The second kappa shape index (κ2) is 17.5. The third-order valence-electron chi connectivity index (χ3n) is 9.52. The Bertz CT molecular complexity index is 2020. The van der Waals surface area contributed by atoms with Gasteiger partial charge in [0.15, 0.2) is 0 Å². The van der Waals surface area contributed by atoms with E-state index < -0.39 is 23.5 Å². The van der Waals surface area contributed by atoms with Crippen molar-refractivity contribution in [3.8, 4) is 5.75 Å². The van der Waals surface area contributed by atoms with Crippen LogP contribution in [0.5, 0.6) is 5.75 Å². The molecule has 6 N–H and O–H groups in total. The Morgan fingerprint density at radius 2 is 1.74 bits per heavy atom. The predicted molar refractivity (Wildman–Crippen MR) is 201 cm³/mol. The molecule has 6 rings (SSSR count). The molecule has 1 saturated carbocycles. The number of H-pyrrole nitrogens is 1. The van der Waals surface area contributed by atoms with Gasteiger partial charge in [0, 0.05) is 43.5 Å². The van der Waals surface area contributed by atoms with Crippen LogP contribution in [0.4, 0.5) is 14.8 Å². The molecule has 2 aromatic carbocycles. The van der Waals surface area contributed by atoms with Gasteiger partial charge >= 0.3 is 5.97 Å². The summed E-state index contributed by atoms with van der Waals surface area (Å²) in [5.41, 5.74) is -0.740. The Labute approximate surface area is 312 Å². The number of hydrogen-bond acceptors (Lipinski definition) is 11. The molecular weight excluding hydrogens is 727 g/mol. The van der Waals surface area contributed by atoms with Crippen LogP contribution in [0.1, 0.15) is 59.1 Å². The molecule has 3 aromatic heterocycles. The van der Waals surface area contributed by atoms with E-state index in [0.29, 0.717) is 45.7 Å². The summed E-state index contributed by atoms with van der Waals surface area (Å²) in [6.45, 7) is 0.856. The summed E-state index contributed by atoms with van der Waals surface area (Å²) in [5, 5.41) is 42.3. The smallest absolute Gasteiger partial charge is 0.349 e. The number of carbonyl (C=O) groups is 2. The molecule has 11 nitrogen and oxygen atoms in total. The number of rotatable bonds is 14. The monoisotopic (exact) mass is 768 g/mol. The van der Waals surface area contributed by atoms with E-state index in [0.717, 1.165) is 12.8 Å². The summed E-state index contributed by atoms with van der Waals surface area (Å²) in [6, 6.07) is 17.6. The molecule has 1 amide bonds. The average Bonchev–Trinajstić information content (AvgIpc) is 3.89. The summed E-state index contributed by atoms with van der Waals surface area (Å²) < 4.78 is 20.8. The molecule has 3 heterocycles. The molecule has 0 aliphatic heterocycles. The number of aromatic hydroxyl groups is 1. The van der Waals surface area contributed by atoms with E-state index in [1.54, 1.807) is 42.5 Å². The number of aliphatic hydroxyl groups excluding tert-OH is 1. The van der Waals surface area contributed by atoms with E-state index in [-0.39, 0.29) is 64.8 Å². The molecule has 0 saturated heterocycles. The number of esters is 1. The highest BCUT2D eigenvalue weighted by Gasteiger charge is 2.45. The van der Waals surface area contributed by atoms with Gasteiger partial charge in [0.25, 0.3) is 0 Å². The standard InChI is InChI=1S/C38H41FN4O7S2.FH/c1-43(24-7-9-25(10-8-24)50-37(48)38(49,32-4-2-18-51-32)33-5-3-19-52-33)17-16-35(47)41-29-13-6-23(20-28(29)39)21-40-22-31(45)26-11-14-30(44)36-27(26)12-15-34(46)42-36;/h2-6,11-15,18-20,24-25,31,40,44-45,49H,7-10,16-17,21-22H2,1H3,(H,41,47)(H,42,46);1H/t24?,25?,31-;/m1./s1. The number of aromatic nitrogens is 1. The van der Waals surface area contributed by atoms with Crippen LogP contribution >= 0.6 is 22.7 Å². The number of pyridine rings is 1. The fourth-order valence-electron chi connectivity index (χ4n) is 6.59. The van der Waals surface area contributed by atoms with Crippen molar-refractivity contribution >= 4 is 51.1 Å². The molecule has 15 heteroatoms. The fraction of sp³-hybridized carbons (Fsp3) is 0.342. The number of anilines is 1. The van der Waals surface area contributed by atoms with E-state index in [2.05, 4.69) is 20.5 Å². The van der Waals surface area contributed by atoms with Crippen LogP contribution in [-0.2, 0) is 26.5 Å². The van der Waals surface area contributed by atoms with Gasteiger partial charge < -0.3 is 40.6 Å². The molecule has 53 heavy (non-hydrogen) atoms. The average molecular weight is 769 g/mol. The molecular formula is C38H42F2N4O7S2. The highest BCUT2D eigenvalue weighted by atomic mass is 32.1. The van der Waals surface area contributed by atoms with Crippen molar-refractivity contribution in [3.05, 3.63) is 115 Å². The van der Waals surface area contributed by atoms with Gasteiger partial charge in [-0.1, -0.05) is 24.3 Å². The van der Waals surface area contributed by atoms with Crippen LogP contribution in [0.15, 0.2) is 82.3 Å². The maximum Gasteiger partial charge on any atom is 0.349 e. The summed E-state index contributed by atoms with van der Waals surface area (Å²) in [5.74, 6) is -1.65. The van der Waals surface area contributed by atoms with Crippen molar-refractivity contribution in [1.82, 2.24) is 15.2 Å². The number of benzene rings is 2. The van der Waals surface area contributed by atoms with Crippen LogP contribution in [0.25, 0.3) is 10.9 Å². The number of aromatic amines is 1. The van der Waals surface area contributed by atoms with E-state index in [1.807, 2.05) is 17.8 Å². The Morgan fingerprint density at radius 1 is 1.04 bits per heavy atom. The zero-order valence-corrected chi connectivity index (χ0v) is 30.6. The second-order valence-electron chi connectivity index (χ2n) is 13.0. The van der Waals surface area contributed by atoms with Gasteiger partial charge in [-0.05, 0) is 91.0 Å². The number of nitrogens with zero attached hydrogens (tertiary/aromatic N) is 1. The lowest BCUT2D eigenvalue weighted by atomic mass is 9.91. The van der Waals surface area contributed by atoms with Crippen LogP contribution in [0, 0.1) is 5.82 Å². The zero-order valence-electron chi connectivity index (χ0n) is 28.9. The minimum atomic E-state index is -1.83. The first kappa shape index (κ1) is 39.7. The number of carbonyl (C=O) groups excluding carboxylic acids is 2. The number of ether oxygens (including phenoxy) is 1. The maximum absolute atomic E-state index is 15.0. The molecule has 282 valence electrons. The van der Waals surface area contributed by atoms with E-state index >= 15 is 0 Å². The van der Waals surface area contributed by atoms with Crippen LogP contribution in [0.2, 0.25) is 0 Å². The van der Waals surface area contributed by atoms with Crippen molar-refractivity contribution in [2.24, 2.45) is 0 Å². The zero-order chi connectivity index (χ0) is 36.8. The lowest BCUT2D eigenvalue weighted by Gasteiger charge is -2.35. The van der Waals surface area contributed by atoms with E-state index in [9.17, 15) is 34.1 Å². The quantitative estimate of drug-likeness (QED) is 0.0799. The van der Waals surface area contributed by atoms with Crippen molar-refractivity contribution in [1.29, 1.82) is 0 Å². The third-order valence-corrected chi connectivity index (χ3v) is 11.5. The van der Waals surface area contributed by atoms with E-state index in [1.165, 1.54) is 46.9 Å². The summed E-state index contributed by atoms with van der Waals surface area (Å²) in [7, 11) is 1.95. The Balaban J connectivity index is 0.00000541. The molecule has 0 radical (unpaired) electrons. The van der Waals surface area contributed by atoms with Gasteiger partial charge in [-0.25, -0.2) is 9.18 Å². The van der Waals surface area contributed by atoms with Crippen molar-refractivity contribution < 1.29 is 38.7 Å². The molecule has 1 fully saturated rings. The Kier molecular flexibility index (Phi) is 13.1. The van der Waals surface area contributed by atoms with Crippen LogP contribution in [-0.4, -0.2) is 69.4 Å². The molecule has 1 aliphatic carbocycles. The minimum absolute atomic E-state index is 0. The molecule has 1 atom stereocenters. The third kappa shape index (κ3) is 9.18. The van der Waals surface area contributed by atoms with Gasteiger partial charge in [0.05, 0.1) is 27.1 Å². The highest BCUT2D eigenvalue weighted by molar-refractivity contribution is 7.12. The number of aliphatic hydroxyl groups is 2. The highest BCUT2D eigenvalue weighted by Crippen LogP contribution is 2.38. The molecule has 0 unspecified atom stereocenters. The number of phenolic OH excluding ortho intramolecular Hbond substituents is 1. The van der Waals surface area contributed by atoms with Crippen molar-refractivity contribution in [2.75, 3.05) is 25.5 Å². The number of fused-ring (bicyclic) bond motifs is 1. The predicted octanol–water partition coefficient (Wildman–Crippen LogP) is 5.52. The van der Waals surface area contributed by atoms with Crippen molar-refractivity contribution in [2.45, 2.75) is 62.5 Å². The summed E-state index contributed by atoms with van der Waals surface area (Å²) >= 11 is 2.62. The van der Waals surface area contributed by atoms with Gasteiger partial charge in [-0.3, -0.25) is 14.3 Å². The lowest BCUT2D eigenvalue weighted by Crippen LogP contribution is -2.42. The number of phenols is 1. The number of hydrogen-bond donors (Lipinski definition) is 6. The Morgan fingerprint density at radius 3 is 2.38 bits per heavy atom. The van der Waals surface area contributed by atoms with Crippen molar-refractivity contribution in [3.63, 3.8) is 0 Å². The van der Waals surface area contributed by atoms with Gasteiger partial charge in [-0.2, -0.15) is 0 Å². The Hall–Kier alpha value is -4.51. The maximum atomic E-state index is 15.0. The topological polar surface area (TPSA) is 164 Å². The second-order valence-corrected chi connectivity index (χ2v) is 14.9. The van der Waals surface area contributed by atoms with Gasteiger partial charge in [0.2, 0.25) is 17.1 Å². The fourth-order valence-corrected chi connectivity index (χ4v) is 8.30. The largest absolute Gasteiger partial charge is 0.506 e. The van der Waals surface area contributed by atoms with Crippen LogP contribution in [0.3, 0.4) is 0 Å².